The molecule has 0 radical (unpaired) electrons. The van der Waals surface area contributed by atoms with E-state index in [1.54, 1.807) is 77.0 Å². The van der Waals surface area contributed by atoms with E-state index in [1.165, 1.54) is 17.9 Å². The van der Waals surface area contributed by atoms with E-state index in [-0.39, 0.29) is 43.9 Å². The van der Waals surface area contributed by atoms with Crippen molar-refractivity contribution in [2.45, 2.75) is 161 Å². The van der Waals surface area contributed by atoms with Crippen LogP contribution in [0.2, 0.25) is 0 Å². The topological polar surface area (TPSA) is 202 Å². The van der Waals surface area contributed by atoms with Crippen LogP contribution in [0.25, 0.3) is 0 Å². The van der Waals surface area contributed by atoms with Gasteiger partial charge in [0.2, 0.25) is 0 Å². The summed E-state index contributed by atoms with van der Waals surface area (Å²) in [5.41, 5.74) is -0.0859. The third-order valence-electron chi connectivity index (χ3n) is 13.0. The van der Waals surface area contributed by atoms with Crippen LogP contribution >= 0.6 is 0 Å². The lowest BCUT2D eigenvalue weighted by Crippen LogP contribution is -2.65. The number of aliphatic hydroxyl groups excluding tert-OH is 3. The van der Waals surface area contributed by atoms with Crippen molar-refractivity contribution in [1.82, 2.24) is 9.80 Å². The number of carbonyl (C=O) groups excluding carboxylic acids is 4. The molecule has 2 fully saturated rings. The third kappa shape index (κ3) is 11.2. The minimum absolute atomic E-state index is 0.0323. The average Bonchev–Trinajstić information content (AvgIpc) is 3.44. The fourth-order valence-corrected chi connectivity index (χ4v) is 9.34. The molecular weight excluding hydrogens is 789 g/mol. The number of carbonyl (C=O) groups is 4. The Labute approximate surface area is 360 Å². The zero-order chi connectivity index (χ0) is 45.1. The van der Waals surface area contributed by atoms with Gasteiger partial charge in [0, 0.05) is 30.7 Å². The van der Waals surface area contributed by atoms with Gasteiger partial charge in [-0.25, -0.2) is 0 Å². The predicted molar refractivity (Wildman–Crippen MR) is 224 cm³/mol. The molecule has 4 N–H and O–H groups in total. The fraction of sp³-hybridized carbons (Fsp3) is 0.696. The highest BCUT2D eigenvalue weighted by molar-refractivity contribution is 6.21. The van der Waals surface area contributed by atoms with E-state index >= 15 is 0 Å². The van der Waals surface area contributed by atoms with Crippen molar-refractivity contribution in [1.29, 1.82) is 0 Å². The van der Waals surface area contributed by atoms with Crippen LogP contribution in [0.15, 0.2) is 48.1 Å². The SMILES string of the molecule is CC[C@H]1OC(=O)C[C@@H](O)[C@H](C)[C@@H](O[C@@H]2O[C@H](C)[C@@H](O[C@H]3C[C@@](C)(O)[C@@H](O)[C@H](C)O3)[C@H](N(C)C)[C@H]2O)[C@@H](CCN2C(=O)c3ccccc3C2=O)C[C@@H](C)C(=O)/C=C/C(C)=C/[C@@H]1C. The molecule has 2 amide bonds. The van der Waals surface area contributed by atoms with E-state index < -0.39 is 109 Å². The summed E-state index contributed by atoms with van der Waals surface area (Å²) in [6, 6.07) is 5.84. The molecule has 0 aliphatic carbocycles. The Kier molecular flexibility index (Phi) is 16.3. The van der Waals surface area contributed by atoms with Gasteiger partial charge in [0.05, 0.1) is 53.6 Å². The monoisotopic (exact) mass is 856 g/mol. The molecule has 16 atom stereocenters. The van der Waals surface area contributed by atoms with E-state index in [0.29, 0.717) is 17.5 Å². The zero-order valence-electron chi connectivity index (χ0n) is 37.3. The van der Waals surface area contributed by atoms with Crippen LogP contribution in [0.4, 0.5) is 0 Å². The van der Waals surface area contributed by atoms with Gasteiger partial charge < -0.3 is 49.0 Å². The van der Waals surface area contributed by atoms with Gasteiger partial charge in [0.25, 0.3) is 11.8 Å². The first kappa shape index (κ1) is 48.6. The highest BCUT2D eigenvalue weighted by atomic mass is 16.7. The maximum atomic E-state index is 13.8. The summed E-state index contributed by atoms with van der Waals surface area (Å²) < 4.78 is 31.5. The molecule has 0 spiro atoms. The number of hydrogen-bond acceptors (Lipinski definition) is 14. The average molecular weight is 857 g/mol. The third-order valence-corrected chi connectivity index (χ3v) is 13.0. The second kappa shape index (κ2) is 20.4. The number of ketones is 1. The van der Waals surface area contributed by atoms with Crippen molar-refractivity contribution in [2.75, 3.05) is 20.6 Å². The molecule has 2 saturated heterocycles. The van der Waals surface area contributed by atoms with Crippen LogP contribution in [0, 0.1) is 23.7 Å². The number of fused-ring (bicyclic) bond motifs is 1. The molecule has 61 heavy (non-hydrogen) atoms. The second-order valence-electron chi connectivity index (χ2n) is 18.2. The van der Waals surface area contributed by atoms with E-state index in [0.717, 1.165) is 5.57 Å². The number of hydrogen-bond donors (Lipinski definition) is 4. The van der Waals surface area contributed by atoms with E-state index in [9.17, 15) is 39.6 Å². The maximum Gasteiger partial charge on any atom is 0.308 e. The Morgan fingerprint density at radius 3 is 2.13 bits per heavy atom. The molecule has 5 rings (SSSR count). The van der Waals surface area contributed by atoms with Gasteiger partial charge >= 0.3 is 5.97 Å². The van der Waals surface area contributed by atoms with Crippen LogP contribution in [0.5, 0.6) is 0 Å². The van der Waals surface area contributed by atoms with Crippen LogP contribution in [0.1, 0.15) is 108 Å². The lowest BCUT2D eigenvalue weighted by Gasteiger charge is -2.50. The molecule has 0 bridgehead atoms. The van der Waals surface area contributed by atoms with Gasteiger partial charge in [0.15, 0.2) is 18.4 Å². The highest BCUT2D eigenvalue weighted by Crippen LogP contribution is 2.38. The molecule has 0 aromatic heterocycles. The van der Waals surface area contributed by atoms with Crippen molar-refractivity contribution in [2.24, 2.45) is 23.7 Å². The summed E-state index contributed by atoms with van der Waals surface area (Å²) in [5, 5.41) is 45.4. The summed E-state index contributed by atoms with van der Waals surface area (Å²) in [6.07, 6.45) is -4.15. The number of likely N-dealkylation sites (N-methyl/N-ethyl adjacent to an activating group) is 1. The smallest absolute Gasteiger partial charge is 0.308 e. The number of allylic oxidation sites excluding steroid dienone is 3. The van der Waals surface area contributed by atoms with Crippen LogP contribution in [-0.2, 0) is 33.3 Å². The highest BCUT2D eigenvalue weighted by Gasteiger charge is 2.51. The van der Waals surface area contributed by atoms with Gasteiger partial charge in [-0.2, -0.15) is 0 Å². The van der Waals surface area contributed by atoms with Gasteiger partial charge in [-0.15, -0.1) is 0 Å². The molecule has 15 heteroatoms. The summed E-state index contributed by atoms with van der Waals surface area (Å²) in [4.78, 5) is 57.2. The normalized spacial score (nSPS) is 41.0. The van der Waals surface area contributed by atoms with Crippen molar-refractivity contribution in [3.63, 3.8) is 0 Å². The number of nitrogens with zero attached hydrogens (tertiary/aromatic N) is 2. The lowest BCUT2D eigenvalue weighted by molar-refractivity contribution is -0.342. The second-order valence-corrected chi connectivity index (χ2v) is 18.2. The minimum atomic E-state index is -1.49. The van der Waals surface area contributed by atoms with E-state index in [1.807, 2.05) is 26.8 Å². The Morgan fingerprint density at radius 2 is 1.54 bits per heavy atom. The first-order valence-corrected chi connectivity index (χ1v) is 21.7. The number of rotatable bonds is 9. The van der Waals surface area contributed by atoms with Gasteiger partial charge in [-0.3, -0.25) is 24.1 Å². The first-order valence-electron chi connectivity index (χ1n) is 21.7. The lowest BCUT2D eigenvalue weighted by atomic mass is 9.79. The molecule has 0 saturated carbocycles. The van der Waals surface area contributed by atoms with Crippen LogP contribution < -0.4 is 0 Å². The molecule has 1 aromatic rings. The van der Waals surface area contributed by atoms with Crippen molar-refractivity contribution in [3.8, 4) is 0 Å². The Balaban J connectivity index is 1.50. The zero-order valence-corrected chi connectivity index (χ0v) is 37.3. The first-order chi connectivity index (χ1) is 28.6. The molecule has 4 aliphatic rings. The molecular formula is C46H68N2O13. The number of amides is 2. The molecule has 4 heterocycles. The number of esters is 1. The summed E-state index contributed by atoms with van der Waals surface area (Å²) in [6.45, 7) is 14.1. The van der Waals surface area contributed by atoms with Crippen molar-refractivity contribution >= 4 is 23.6 Å². The van der Waals surface area contributed by atoms with Crippen LogP contribution in [-0.4, -0.2) is 147 Å². The van der Waals surface area contributed by atoms with Crippen LogP contribution in [0.3, 0.4) is 0 Å². The number of benzene rings is 1. The predicted octanol–water partition coefficient (Wildman–Crippen LogP) is 3.80. The van der Waals surface area contributed by atoms with Crippen molar-refractivity contribution < 1.29 is 63.3 Å². The fourth-order valence-electron chi connectivity index (χ4n) is 9.34. The van der Waals surface area contributed by atoms with Gasteiger partial charge in [-0.1, -0.05) is 57.6 Å². The number of aliphatic hydroxyl groups is 4. The minimum Gasteiger partial charge on any atom is -0.462 e. The molecule has 1 aromatic carbocycles. The van der Waals surface area contributed by atoms with Gasteiger partial charge in [0.1, 0.15) is 24.4 Å². The van der Waals surface area contributed by atoms with Gasteiger partial charge in [-0.05, 0) is 85.2 Å². The summed E-state index contributed by atoms with van der Waals surface area (Å²) in [5.74, 6) is -3.85. The quantitative estimate of drug-likeness (QED) is 0.206. The number of ether oxygens (including phenoxy) is 5. The van der Waals surface area contributed by atoms with Crippen molar-refractivity contribution in [3.05, 3.63) is 59.2 Å². The largest absolute Gasteiger partial charge is 0.462 e. The molecule has 15 nitrogen and oxygen atoms in total. The Morgan fingerprint density at radius 1 is 0.902 bits per heavy atom. The Bertz CT molecular complexity index is 1750. The number of cyclic esters (lactones) is 1. The summed E-state index contributed by atoms with van der Waals surface area (Å²) >= 11 is 0. The summed E-state index contributed by atoms with van der Waals surface area (Å²) in [7, 11) is 3.53. The molecule has 340 valence electrons. The number of imide groups is 1. The standard InChI is InChI=1S/C46H68N2O13/c1-11-35-26(4)20-24(2)16-17-33(49)25(3)21-30(18-19-48-43(54)31-14-12-13-15-32(31)44(48)55)40(27(5)34(50)22-36(51)59-35)61-45-39(52)38(47(9)10)41(28(6)58-45)60-37-23-46(8,56)42(53)29(7)57-37/h12-17,20,25-30,34-35,37-42,45,50,52-53,56H,11,18-19,21-23H2,1-10H3/b17-16+,24-20+/t25-,26+,27+,28-,29+,30+,34-,35-,37+,38-,39-,40-,41-,42+,45+,46-/m1/s1. The maximum absolute atomic E-state index is 13.8. The molecule has 4 aliphatic heterocycles. The molecule has 0 unspecified atom stereocenters. The van der Waals surface area contributed by atoms with E-state index in [4.69, 9.17) is 23.7 Å². The van der Waals surface area contributed by atoms with E-state index in [2.05, 4.69) is 0 Å². The Hall–Kier alpha value is -3.38.